The lowest BCUT2D eigenvalue weighted by Crippen LogP contribution is -2.49. The van der Waals surface area contributed by atoms with E-state index in [0.29, 0.717) is 19.0 Å². The minimum absolute atomic E-state index is 0.282. The fraction of sp³-hybridized carbons (Fsp3) is 0.545. The highest BCUT2D eigenvalue weighted by Gasteiger charge is 2.40. The van der Waals surface area contributed by atoms with Crippen LogP contribution >= 0.6 is 0 Å². The van der Waals surface area contributed by atoms with Crippen molar-refractivity contribution >= 4 is 5.96 Å². The van der Waals surface area contributed by atoms with Crippen molar-refractivity contribution in [2.45, 2.75) is 51.1 Å². The molecule has 0 atom stereocenters. The number of hydrogen-bond acceptors (Lipinski definition) is 2. The van der Waals surface area contributed by atoms with Crippen LogP contribution in [0, 0.1) is 13.8 Å². The van der Waals surface area contributed by atoms with E-state index in [0.717, 1.165) is 48.7 Å². The van der Waals surface area contributed by atoms with Gasteiger partial charge in [-0.05, 0) is 50.3 Å². The SMILES string of the molecule is CN=C(NCCc1c(C)nn(C)c1C)NCC1(c2cccc(C(F)(F)F)c2)CCC1. The monoisotopic (exact) mass is 421 g/mol. The second-order valence-corrected chi connectivity index (χ2v) is 8.09. The summed E-state index contributed by atoms with van der Waals surface area (Å²) in [5, 5.41) is 11.1. The summed E-state index contributed by atoms with van der Waals surface area (Å²) < 4.78 is 41.3. The van der Waals surface area contributed by atoms with E-state index in [1.54, 1.807) is 13.1 Å². The molecule has 3 rings (SSSR count). The van der Waals surface area contributed by atoms with Crippen molar-refractivity contribution in [1.82, 2.24) is 20.4 Å². The molecule has 8 heteroatoms. The summed E-state index contributed by atoms with van der Waals surface area (Å²) in [4.78, 5) is 4.27. The van der Waals surface area contributed by atoms with Gasteiger partial charge in [0, 0.05) is 38.3 Å². The zero-order chi connectivity index (χ0) is 21.9. The maximum absolute atomic E-state index is 13.1. The molecule has 1 heterocycles. The standard InChI is InChI=1S/C22H30F3N5/c1-15-19(16(2)30(4)29-15)9-12-27-20(26-3)28-14-21(10-6-11-21)17-7-5-8-18(13-17)22(23,24)25/h5,7-8,13H,6,9-12,14H2,1-4H3,(H2,26,27,28). The summed E-state index contributed by atoms with van der Waals surface area (Å²) in [5.41, 5.74) is 3.27. The minimum atomic E-state index is -4.32. The average Bonchev–Trinajstić information content (AvgIpc) is 2.91. The molecule has 1 aromatic heterocycles. The Bertz CT molecular complexity index is 910. The van der Waals surface area contributed by atoms with Gasteiger partial charge in [0.2, 0.25) is 0 Å². The summed E-state index contributed by atoms with van der Waals surface area (Å²) >= 11 is 0. The normalized spacial score (nSPS) is 16.3. The first-order valence-corrected chi connectivity index (χ1v) is 10.3. The predicted molar refractivity (Wildman–Crippen MR) is 113 cm³/mol. The second-order valence-electron chi connectivity index (χ2n) is 8.09. The molecule has 0 bridgehead atoms. The van der Waals surface area contributed by atoms with E-state index in [4.69, 9.17) is 0 Å². The Balaban J connectivity index is 1.61. The van der Waals surface area contributed by atoms with Crippen LogP contribution in [-0.4, -0.2) is 35.9 Å². The maximum Gasteiger partial charge on any atom is 0.416 e. The molecule has 1 aliphatic carbocycles. The number of aliphatic imine (C=N–C) groups is 1. The smallest absolute Gasteiger partial charge is 0.356 e. The van der Waals surface area contributed by atoms with E-state index in [-0.39, 0.29) is 5.41 Å². The van der Waals surface area contributed by atoms with Gasteiger partial charge in [0.15, 0.2) is 5.96 Å². The average molecular weight is 422 g/mol. The van der Waals surface area contributed by atoms with Crippen LogP contribution in [0.25, 0.3) is 0 Å². The fourth-order valence-electron chi connectivity index (χ4n) is 4.16. The molecule has 5 nitrogen and oxygen atoms in total. The Morgan fingerprint density at radius 2 is 1.97 bits per heavy atom. The largest absolute Gasteiger partial charge is 0.416 e. The van der Waals surface area contributed by atoms with Crippen molar-refractivity contribution in [1.29, 1.82) is 0 Å². The molecule has 30 heavy (non-hydrogen) atoms. The van der Waals surface area contributed by atoms with Gasteiger partial charge in [-0.2, -0.15) is 18.3 Å². The van der Waals surface area contributed by atoms with Gasteiger partial charge in [-0.25, -0.2) is 0 Å². The molecule has 164 valence electrons. The third-order valence-electron chi connectivity index (χ3n) is 6.26. The molecular weight excluding hydrogens is 391 g/mol. The lowest BCUT2D eigenvalue weighted by molar-refractivity contribution is -0.137. The summed E-state index contributed by atoms with van der Waals surface area (Å²) in [6.45, 7) is 5.31. The number of halogens is 3. The second kappa shape index (κ2) is 8.70. The van der Waals surface area contributed by atoms with E-state index in [1.807, 2.05) is 18.7 Å². The van der Waals surface area contributed by atoms with Crippen LogP contribution in [0.3, 0.4) is 0 Å². The third-order valence-corrected chi connectivity index (χ3v) is 6.26. The number of aryl methyl sites for hydroxylation is 2. The zero-order valence-corrected chi connectivity index (χ0v) is 18.0. The summed E-state index contributed by atoms with van der Waals surface area (Å²) in [6, 6.07) is 5.74. The van der Waals surface area contributed by atoms with Gasteiger partial charge in [-0.3, -0.25) is 9.67 Å². The molecule has 0 saturated heterocycles. The first-order chi connectivity index (χ1) is 14.2. The van der Waals surface area contributed by atoms with Crippen LogP contribution in [0.4, 0.5) is 13.2 Å². The molecule has 0 spiro atoms. The van der Waals surface area contributed by atoms with Crippen molar-refractivity contribution in [2.24, 2.45) is 12.0 Å². The van der Waals surface area contributed by atoms with E-state index in [2.05, 4.69) is 27.6 Å². The molecule has 2 aromatic rings. The van der Waals surface area contributed by atoms with E-state index in [9.17, 15) is 13.2 Å². The molecule has 2 N–H and O–H groups in total. The van der Waals surface area contributed by atoms with Gasteiger partial charge in [0.05, 0.1) is 11.3 Å². The number of rotatable bonds is 6. The zero-order valence-electron chi connectivity index (χ0n) is 18.0. The molecule has 1 aliphatic rings. The number of guanidine groups is 1. The molecular formula is C22H30F3N5. The lowest BCUT2D eigenvalue weighted by Gasteiger charge is -2.43. The van der Waals surface area contributed by atoms with Crippen molar-refractivity contribution in [3.05, 3.63) is 52.3 Å². The van der Waals surface area contributed by atoms with E-state index in [1.165, 1.54) is 17.7 Å². The van der Waals surface area contributed by atoms with Crippen LogP contribution in [0.2, 0.25) is 0 Å². The molecule has 1 aromatic carbocycles. The van der Waals surface area contributed by atoms with Crippen LogP contribution in [-0.2, 0) is 25.1 Å². The molecule has 0 amide bonds. The van der Waals surface area contributed by atoms with Crippen molar-refractivity contribution in [3.63, 3.8) is 0 Å². The first kappa shape index (κ1) is 22.2. The summed E-state index contributed by atoms with van der Waals surface area (Å²) in [6.07, 6.45) is -0.748. The highest BCUT2D eigenvalue weighted by Crippen LogP contribution is 2.44. The van der Waals surface area contributed by atoms with E-state index >= 15 is 0 Å². The molecule has 1 saturated carbocycles. The summed E-state index contributed by atoms with van der Waals surface area (Å²) in [7, 11) is 3.64. The summed E-state index contributed by atoms with van der Waals surface area (Å²) in [5.74, 6) is 0.660. The number of nitrogens with zero attached hydrogens (tertiary/aromatic N) is 3. The number of hydrogen-bond donors (Lipinski definition) is 2. The fourth-order valence-corrected chi connectivity index (χ4v) is 4.16. The van der Waals surface area contributed by atoms with Crippen LogP contribution < -0.4 is 10.6 Å². The highest BCUT2D eigenvalue weighted by molar-refractivity contribution is 5.79. The number of alkyl halides is 3. The number of nitrogens with one attached hydrogen (secondary N) is 2. The van der Waals surface area contributed by atoms with Gasteiger partial charge < -0.3 is 10.6 Å². The molecule has 1 fully saturated rings. The molecule has 0 unspecified atom stereocenters. The Morgan fingerprint density at radius 1 is 1.23 bits per heavy atom. The number of benzene rings is 1. The third kappa shape index (κ3) is 4.63. The van der Waals surface area contributed by atoms with E-state index < -0.39 is 11.7 Å². The van der Waals surface area contributed by atoms with Gasteiger partial charge in [0.1, 0.15) is 0 Å². The van der Waals surface area contributed by atoms with Gasteiger partial charge >= 0.3 is 6.18 Å². The highest BCUT2D eigenvalue weighted by atomic mass is 19.4. The Labute approximate surface area is 175 Å². The quantitative estimate of drug-likeness (QED) is 0.550. The van der Waals surface area contributed by atoms with Crippen molar-refractivity contribution < 1.29 is 13.2 Å². The maximum atomic E-state index is 13.1. The van der Waals surface area contributed by atoms with Crippen molar-refractivity contribution in [2.75, 3.05) is 20.1 Å². The van der Waals surface area contributed by atoms with Gasteiger partial charge in [-0.1, -0.05) is 24.6 Å². The molecule has 0 aliphatic heterocycles. The topological polar surface area (TPSA) is 54.2 Å². The predicted octanol–water partition coefficient (Wildman–Crippen LogP) is 3.89. The van der Waals surface area contributed by atoms with Crippen LogP contribution in [0.15, 0.2) is 29.3 Å². The minimum Gasteiger partial charge on any atom is -0.356 e. The Kier molecular flexibility index (Phi) is 6.43. The van der Waals surface area contributed by atoms with Gasteiger partial charge in [-0.15, -0.1) is 0 Å². The molecule has 0 radical (unpaired) electrons. The Hall–Kier alpha value is -2.51. The van der Waals surface area contributed by atoms with Crippen LogP contribution in [0.1, 0.15) is 47.3 Å². The lowest BCUT2D eigenvalue weighted by atomic mass is 9.64. The van der Waals surface area contributed by atoms with Crippen molar-refractivity contribution in [3.8, 4) is 0 Å². The first-order valence-electron chi connectivity index (χ1n) is 10.3. The Morgan fingerprint density at radius 3 is 2.50 bits per heavy atom. The van der Waals surface area contributed by atoms with Crippen LogP contribution in [0.5, 0.6) is 0 Å². The van der Waals surface area contributed by atoms with Gasteiger partial charge in [0.25, 0.3) is 0 Å². The number of aromatic nitrogens is 2.